The molecule has 0 aliphatic carbocycles. The molecular weight excluding hydrogens is 691 g/mol. The molecule has 0 aliphatic heterocycles. The van der Waals surface area contributed by atoms with Crippen LogP contribution >= 0.6 is 0 Å². The largest absolute Gasteiger partial charge is 0.514 e. The molecule has 1 aromatic carbocycles. The van der Waals surface area contributed by atoms with Crippen LogP contribution in [0.25, 0.3) is 0 Å². The molecule has 47 heavy (non-hydrogen) atoms. The number of aromatic nitrogens is 2. The Morgan fingerprint density at radius 3 is 2.13 bits per heavy atom. The maximum absolute atomic E-state index is 13.4. The maximum atomic E-state index is 13.4. The molecule has 0 fully saturated rings. The van der Waals surface area contributed by atoms with Gasteiger partial charge in [-0.3, -0.25) is 23.5 Å². The molecule has 0 saturated carbocycles. The third kappa shape index (κ3) is 11.5. The summed E-state index contributed by atoms with van der Waals surface area (Å²) in [6.07, 6.45) is -2.55. The van der Waals surface area contributed by atoms with E-state index in [0.29, 0.717) is 42.9 Å². The van der Waals surface area contributed by atoms with Crippen molar-refractivity contribution in [2.45, 2.75) is 56.0 Å². The lowest BCUT2D eigenvalue weighted by molar-refractivity contribution is 0.0706. The molecule has 19 nitrogen and oxygen atoms in total. The summed E-state index contributed by atoms with van der Waals surface area (Å²) in [5, 5.41) is 2.52. The predicted molar refractivity (Wildman–Crippen MR) is 163 cm³/mol. The number of hydrogen-bond donors (Lipinski definition) is 4. The Labute approximate surface area is 270 Å². The molecule has 0 bridgehead atoms. The second-order valence-electron chi connectivity index (χ2n) is 9.30. The Morgan fingerprint density at radius 2 is 1.60 bits per heavy atom. The molecule has 0 spiro atoms. The second-order valence-corrected chi connectivity index (χ2v) is 14.8. The number of aromatic amines is 1. The molecule has 1 aromatic heterocycles. The van der Waals surface area contributed by atoms with E-state index >= 15 is 0 Å². The van der Waals surface area contributed by atoms with Crippen LogP contribution in [-0.2, 0) is 56.0 Å². The van der Waals surface area contributed by atoms with Crippen LogP contribution in [0.1, 0.15) is 38.3 Å². The number of alkyl carbamates (subject to hydrolysis) is 1. The van der Waals surface area contributed by atoms with Gasteiger partial charge >= 0.3 is 26.7 Å². The van der Waals surface area contributed by atoms with Gasteiger partial charge in [0.2, 0.25) is 5.88 Å². The van der Waals surface area contributed by atoms with Gasteiger partial charge in [0.15, 0.2) is 0 Å². The summed E-state index contributed by atoms with van der Waals surface area (Å²) >= 11 is 0. The molecule has 1 amide bonds. The second kappa shape index (κ2) is 17.5. The fourth-order valence-corrected chi connectivity index (χ4v) is 8.15. The molecule has 0 unspecified atom stereocenters. The summed E-state index contributed by atoms with van der Waals surface area (Å²) in [5.41, 5.74) is -3.15. The average Bonchev–Trinajstić information content (AvgIpc) is 2.98. The van der Waals surface area contributed by atoms with Crippen LogP contribution in [0.15, 0.2) is 37.6 Å². The van der Waals surface area contributed by atoms with Gasteiger partial charge in [-0.1, -0.05) is 6.07 Å². The lowest BCUT2D eigenvalue weighted by Gasteiger charge is -2.28. The molecule has 0 aliphatic rings. The molecular formula is C25H37N3O16S2Si. The summed E-state index contributed by atoms with van der Waals surface area (Å²) in [5.74, 6) is -0.743. The lowest BCUT2D eigenvalue weighted by atomic mass is 10.1. The first-order valence-corrected chi connectivity index (χ1v) is 18.8. The van der Waals surface area contributed by atoms with Crippen LogP contribution in [0.3, 0.4) is 0 Å². The Bertz CT molecular complexity index is 1720. The Balaban J connectivity index is 2.27. The van der Waals surface area contributed by atoms with Crippen molar-refractivity contribution >= 4 is 41.3 Å². The molecule has 1 heterocycles. The average molecular weight is 728 g/mol. The number of nitrogens with one attached hydrogen (secondary N) is 2. The van der Waals surface area contributed by atoms with Crippen molar-refractivity contribution in [1.29, 1.82) is 0 Å². The Kier molecular flexibility index (Phi) is 14.7. The number of rotatable bonds is 18. The van der Waals surface area contributed by atoms with Gasteiger partial charge < -0.3 is 32.8 Å². The van der Waals surface area contributed by atoms with Crippen molar-refractivity contribution in [2.24, 2.45) is 0 Å². The first-order valence-electron chi connectivity index (χ1n) is 14.0. The molecule has 0 saturated heterocycles. The monoisotopic (exact) mass is 727 g/mol. The van der Waals surface area contributed by atoms with Crippen LogP contribution in [0.4, 0.5) is 9.59 Å². The first kappa shape index (κ1) is 39.5. The third-order valence-corrected chi connectivity index (χ3v) is 11.1. The van der Waals surface area contributed by atoms with Gasteiger partial charge in [0.25, 0.3) is 25.8 Å². The van der Waals surface area contributed by atoms with E-state index in [-0.39, 0.29) is 12.1 Å². The highest BCUT2D eigenvalue weighted by atomic mass is 32.2. The maximum Gasteiger partial charge on any atom is 0.514 e. The number of amides is 1. The quantitative estimate of drug-likeness (QED) is 0.0720. The zero-order valence-electron chi connectivity index (χ0n) is 26.0. The number of carbonyl (C=O) groups excluding carboxylic acids is 2. The SMILES string of the molecule is CCO[Si](CCCNC(=O)OCCn1c(=O)[nH]c(OC(=O)OC)c(Cc2ccc(S(=O)(=O)O)cc2S(=O)(=O)O)c1=O)(OCC)OCC. The number of nitrogens with zero attached hydrogens (tertiary/aromatic N) is 1. The standard InChI is InChI=1S/C25H37N3O16S2Si/c1-5-41-47(42-6-2,43-7-3)14-8-11-26-24(31)40-13-12-28-22(29)19(21(27-23(28)30)44-25(32)39-4)15-17-9-10-18(45(33,34)35)16-20(17)46(36,37)38/h9-10,16H,5-8,11-15H2,1-4H3,(H,26,31)(H,27,30)(H,33,34,35)(H,36,37,38). The smallest absolute Gasteiger partial charge is 0.448 e. The van der Waals surface area contributed by atoms with Gasteiger partial charge in [-0.05, 0) is 44.9 Å². The highest BCUT2D eigenvalue weighted by Gasteiger charge is 2.39. The van der Waals surface area contributed by atoms with Gasteiger partial charge in [0, 0.05) is 38.8 Å². The number of methoxy groups -OCH3 is 1. The highest BCUT2D eigenvalue weighted by molar-refractivity contribution is 7.86. The Morgan fingerprint density at radius 1 is 0.979 bits per heavy atom. The fraction of sp³-hybridized carbons (Fsp3) is 0.520. The van der Waals surface area contributed by atoms with Gasteiger partial charge in [-0.15, -0.1) is 0 Å². The zero-order valence-corrected chi connectivity index (χ0v) is 28.6. The molecule has 4 N–H and O–H groups in total. The minimum atomic E-state index is -5.13. The topological polar surface area (TPSA) is 265 Å². The van der Waals surface area contributed by atoms with Crippen molar-refractivity contribution in [3.63, 3.8) is 0 Å². The molecule has 264 valence electrons. The van der Waals surface area contributed by atoms with E-state index in [1.807, 2.05) is 20.8 Å². The highest BCUT2D eigenvalue weighted by Crippen LogP contribution is 2.25. The number of benzene rings is 1. The van der Waals surface area contributed by atoms with E-state index in [0.717, 1.165) is 19.2 Å². The van der Waals surface area contributed by atoms with E-state index in [2.05, 4.69) is 15.0 Å². The van der Waals surface area contributed by atoms with Crippen LogP contribution in [-0.4, -0.2) is 96.6 Å². The minimum absolute atomic E-state index is 0.164. The molecule has 2 rings (SSSR count). The summed E-state index contributed by atoms with van der Waals surface area (Å²) in [6, 6.07) is 2.54. The summed E-state index contributed by atoms with van der Waals surface area (Å²) in [7, 11) is -12.0. The third-order valence-electron chi connectivity index (χ3n) is 6.15. The van der Waals surface area contributed by atoms with Gasteiger partial charge in [0.1, 0.15) is 6.61 Å². The van der Waals surface area contributed by atoms with Crippen LogP contribution in [0, 0.1) is 0 Å². The molecule has 0 atom stereocenters. The Hall–Kier alpha value is -3.64. The normalized spacial score (nSPS) is 12.0. The van der Waals surface area contributed by atoms with Gasteiger partial charge in [0.05, 0.1) is 29.0 Å². The van der Waals surface area contributed by atoms with Crippen LogP contribution in [0.5, 0.6) is 5.88 Å². The summed E-state index contributed by atoms with van der Waals surface area (Å²) < 4.78 is 98.2. The number of carbonyl (C=O) groups is 2. The minimum Gasteiger partial charge on any atom is -0.448 e. The number of hydrogen-bond acceptors (Lipinski definition) is 14. The summed E-state index contributed by atoms with van der Waals surface area (Å²) in [4.78, 5) is 50.4. The first-order chi connectivity index (χ1) is 22.0. The lowest BCUT2D eigenvalue weighted by Crippen LogP contribution is -2.46. The van der Waals surface area contributed by atoms with Crippen molar-refractivity contribution in [3.8, 4) is 5.88 Å². The van der Waals surface area contributed by atoms with Crippen LogP contribution in [0.2, 0.25) is 6.04 Å². The van der Waals surface area contributed by atoms with Crippen molar-refractivity contribution < 1.29 is 63.0 Å². The van der Waals surface area contributed by atoms with Crippen LogP contribution < -0.4 is 21.3 Å². The number of ether oxygens (including phenoxy) is 3. The van der Waals surface area contributed by atoms with E-state index in [9.17, 15) is 45.1 Å². The zero-order chi connectivity index (χ0) is 35.4. The van der Waals surface area contributed by atoms with Gasteiger partial charge in [-0.25, -0.2) is 14.4 Å². The fourth-order valence-electron chi connectivity index (χ4n) is 4.21. The predicted octanol–water partition coefficient (Wildman–Crippen LogP) is 0.931. The van der Waals surface area contributed by atoms with E-state index in [4.69, 9.17) is 22.8 Å². The van der Waals surface area contributed by atoms with E-state index in [1.54, 1.807) is 0 Å². The molecule has 2 aromatic rings. The van der Waals surface area contributed by atoms with Crippen molar-refractivity contribution in [3.05, 3.63) is 50.2 Å². The van der Waals surface area contributed by atoms with E-state index < -0.39 is 93.3 Å². The van der Waals surface area contributed by atoms with Gasteiger partial charge in [-0.2, -0.15) is 16.8 Å². The van der Waals surface area contributed by atoms with E-state index in [1.165, 1.54) is 0 Å². The number of H-pyrrole nitrogens is 1. The summed E-state index contributed by atoms with van der Waals surface area (Å²) in [6.45, 7) is 5.78. The molecule has 22 heteroatoms. The molecule has 0 radical (unpaired) electrons. The van der Waals surface area contributed by atoms with Crippen molar-refractivity contribution in [1.82, 2.24) is 14.9 Å². The van der Waals surface area contributed by atoms with Crippen molar-refractivity contribution in [2.75, 3.05) is 40.1 Å².